The number of rotatable bonds is 5. The van der Waals surface area contributed by atoms with E-state index in [-0.39, 0.29) is 17.8 Å². The lowest BCUT2D eigenvalue weighted by atomic mass is 10.0. The summed E-state index contributed by atoms with van der Waals surface area (Å²) in [7, 11) is 1.64. The van der Waals surface area contributed by atoms with Crippen molar-refractivity contribution in [3.8, 4) is 5.75 Å². The highest BCUT2D eigenvalue weighted by molar-refractivity contribution is 6.27. The molecule has 2 rings (SSSR count). The summed E-state index contributed by atoms with van der Waals surface area (Å²) in [6, 6.07) is 7.91. The van der Waals surface area contributed by atoms with Crippen LogP contribution < -0.4 is 10.1 Å². The minimum atomic E-state index is -0.112. The fraction of sp³-hybridized carbons (Fsp3) is 0.462. The van der Waals surface area contributed by atoms with E-state index >= 15 is 0 Å². The van der Waals surface area contributed by atoms with Crippen molar-refractivity contribution in [3.63, 3.8) is 0 Å². The first kappa shape index (κ1) is 12.2. The molecule has 1 aliphatic rings. The molecule has 0 radical (unpaired) electrons. The molecule has 1 aromatic rings. The number of hydrogen-bond donors (Lipinski definition) is 1. The van der Waals surface area contributed by atoms with Crippen LogP contribution in [0.3, 0.4) is 0 Å². The van der Waals surface area contributed by atoms with Crippen molar-refractivity contribution in [2.75, 3.05) is 13.0 Å². The van der Waals surface area contributed by atoms with Crippen LogP contribution in [-0.4, -0.2) is 18.9 Å². The Hall–Kier alpha value is -1.22. The first-order chi connectivity index (χ1) is 8.24. The summed E-state index contributed by atoms with van der Waals surface area (Å²) in [4.78, 5) is 11.4. The van der Waals surface area contributed by atoms with Crippen LogP contribution in [0, 0.1) is 5.92 Å². The lowest BCUT2D eigenvalue weighted by molar-refractivity contribution is -0.119. The number of halogens is 1. The molecule has 0 saturated heterocycles. The maximum absolute atomic E-state index is 11.4. The molecular weight excluding hydrogens is 238 g/mol. The number of methoxy groups -OCH3 is 1. The fourth-order valence-electron chi connectivity index (χ4n) is 1.93. The van der Waals surface area contributed by atoms with Crippen LogP contribution >= 0.6 is 11.6 Å². The first-order valence-corrected chi connectivity index (χ1v) is 6.27. The third kappa shape index (κ3) is 3.13. The Morgan fingerprint density at radius 2 is 2.12 bits per heavy atom. The van der Waals surface area contributed by atoms with Crippen LogP contribution in [0.4, 0.5) is 0 Å². The zero-order valence-corrected chi connectivity index (χ0v) is 10.5. The zero-order valence-electron chi connectivity index (χ0n) is 9.78. The van der Waals surface area contributed by atoms with Crippen LogP contribution in [0.1, 0.15) is 24.4 Å². The quantitative estimate of drug-likeness (QED) is 0.819. The number of ether oxygens (including phenoxy) is 1. The highest BCUT2D eigenvalue weighted by atomic mass is 35.5. The molecule has 3 nitrogen and oxygen atoms in total. The number of carbonyl (C=O) groups is 1. The highest BCUT2D eigenvalue weighted by Gasteiger charge is 2.33. The topological polar surface area (TPSA) is 38.3 Å². The van der Waals surface area contributed by atoms with Gasteiger partial charge in [-0.25, -0.2) is 0 Å². The van der Waals surface area contributed by atoms with Gasteiger partial charge in [0.25, 0.3) is 0 Å². The van der Waals surface area contributed by atoms with Crippen molar-refractivity contribution in [1.82, 2.24) is 5.32 Å². The Kier molecular flexibility index (Phi) is 3.89. The second-order valence-corrected chi connectivity index (χ2v) is 4.56. The van der Waals surface area contributed by atoms with E-state index in [0.29, 0.717) is 5.92 Å². The van der Waals surface area contributed by atoms with Crippen molar-refractivity contribution < 1.29 is 9.53 Å². The van der Waals surface area contributed by atoms with Crippen LogP contribution in [0.15, 0.2) is 24.3 Å². The molecule has 1 saturated carbocycles. The fourth-order valence-corrected chi connectivity index (χ4v) is 2.00. The molecule has 1 atom stereocenters. The van der Waals surface area contributed by atoms with Gasteiger partial charge in [-0.1, -0.05) is 12.1 Å². The Morgan fingerprint density at radius 1 is 1.47 bits per heavy atom. The molecule has 1 amide bonds. The van der Waals surface area contributed by atoms with Gasteiger partial charge in [0.1, 0.15) is 11.6 Å². The van der Waals surface area contributed by atoms with E-state index in [1.165, 1.54) is 12.8 Å². The smallest absolute Gasteiger partial charge is 0.235 e. The molecule has 0 aromatic heterocycles. The second kappa shape index (κ2) is 5.41. The molecule has 1 aromatic carbocycles. The van der Waals surface area contributed by atoms with E-state index < -0.39 is 0 Å². The van der Waals surface area contributed by atoms with Crippen molar-refractivity contribution in [1.29, 1.82) is 0 Å². The SMILES string of the molecule is COc1ccc([C@H](NC(=O)CCl)C2CC2)cc1. The molecule has 0 heterocycles. The highest BCUT2D eigenvalue weighted by Crippen LogP contribution is 2.41. The summed E-state index contributed by atoms with van der Waals surface area (Å²) >= 11 is 5.52. The molecule has 0 bridgehead atoms. The van der Waals surface area contributed by atoms with E-state index in [4.69, 9.17) is 16.3 Å². The zero-order chi connectivity index (χ0) is 12.3. The average molecular weight is 254 g/mol. The van der Waals surface area contributed by atoms with E-state index in [1.54, 1.807) is 7.11 Å². The van der Waals surface area contributed by atoms with E-state index in [1.807, 2.05) is 24.3 Å². The van der Waals surface area contributed by atoms with Gasteiger partial charge in [0, 0.05) is 0 Å². The summed E-state index contributed by atoms with van der Waals surface area (Å²) < 4.78 is 5.12. The Bertz CT molecular complexity index is 387. The van der Waals surface area contributed by atoms with Crippen molar-refractivity contribution in [3.05, 3.63) is 29.8 Å². The minimum absolute atomic E-state index is 0.0133. The third-order valence-corrected chi connectivity index (χ3v) is 3.25. The van der Waals surface area contributed by atoms with Gasteiger partial charge in [-0.2, -0.15) is 0 Å². The minimum Gasteiger partial charge on any atom is -0.497 e. The molecular formula is C13H16ClNO2. The lowest BCUT2D eigenvalue weighted by Crippen LogP contribution is -2.30. The predicted molar refractivity (Wildman–Crippen MR) is 67.3 cm³/mol. The maximum atomic E-state index is 11.4. The predicted octanol–water partition coefficient (Wildman–Crippen LogP) is 2.50. The number of carbonyl (C=O) groups excluding carboxylic acids is 1. The molecule has 1 aliphatic carbocycles. The number of amides is 1. The molecule has 0 spiro atoms. The third-order valence-electron chi connectivity index (χ3n) is 3.01. The largest absolute Gasteiger partial charge is 0.497 e. The van der Waals surface area contributed by atoms with Crippen LogP contribution in [-0.2, 0) is 4.79 Å². The van der Waals surface area contributed by atoms with Gasteiger partial charge in [0.05, 0.1) is 13.2 Å². The number of hydrogen-bond acceptors (Lipinski definition) is 2. The van der Waals surface area contributed by atoms with Gasteiger partial charge in [-0.3, -0.25) is 4.79 Å². The number of benzene rings is 1. The standard InChI is InChI=1S/C13H16ClNO2/c1-17-11-6-4-10(5-7-11)13(9-2-3-9)15-12(16)8-14/h4-7,9,13H,2-3,8H2,1H3,(H,15,16)/t13-/m1/s1. The Morgan fingerprint density at radius 3 is 2.59 bits per heavy atom. The van der Waals surface area contributed by atoms with E-state index in [0.717, 1.165) is 11.3 Å². The molecule has 0 unspecified atom stereocenters. The van der Waals surface area contributed by atoms with Crippen LogP contribution in [0.25, 0.3) is 0 Å². The van der Waals surface area contributed by atoms with Crippen LogP contribution in [0.5, 0.6) is 5.75 Å². The van der Waals surface area contributed by atoms with Gasteiger partial charge in [0.15, 0.2) is 0 Å². The summed E-state index contributed by atoms with van der Waals surface area (Å²) in [5.41, 5.74) is 1.12. The molecule has 1 N–H and O–H groups in total. The molecule has 0 aliphatic heterocycles. The van der Waals surface area contributed by atoms with Crippen molar-refractivity contribution in [2.45, 2.75) is 18.9 Å². The monoisotopic (exact) mass is 253 g/mol. The van der Waals surface area contributed by atoms with Gasteiger partial charge in [-0.05, 0) is 36.5 Å². The van der Waals surface area contributed by atoms with Crippen molar-refractivity contribution in [2.24, 2.45) is 5.92 Å². The lowest BCUT2D eigenvalue weighted by Gasteiger charge is -2.18. The maximum Gasteiger partial charge on any atom is 0.235 e. The van der Waals surface area contributed by atoms with Gasteiger partial charge in [-0.15, -0.1) is 11.6 Å². The van der Waals surface area contributed by atoms with Crippen molar-refractivity contribution >= 4 is 17.5 Å². The van der Waals surface area contributed by atoms with Gasteiger partial charge < -0.3 is 10.1 Å². The number of alkyl halides is 1. The summed E-state index contributed by atoms with van der Waals surface area (Å²) in [6.45, 7) is 0. The summed E-state index contributed by atoms with van der Waals surface area (Å²) in [5.74, 6) is 1.28. The van der Waals surface area contributed by atoms with Gasteiger partial charge >= 0.3 is 0 Å². The Labute approximate surface area is 106 Å². The van der Waals surface area contributed by atoms with E-state index in [2.05, 4.69) is 5.32 Å². The van der Waals surface area contributed by atoms with Crippen LogP contribution in [0.2, 0.25) is 0 Å². The molecule has 17 heavy (non-hydrogen) atoms. The normalized spacial score (nSPS) is 16.4. The second-order valence-electron chi connectivity index (χ2n) is 4.29. The first-order valence-electron chi connectivity index (χ1n) is 5.74. The summed E-state index contributed by atoms with van der Waals surface area (Å²) in [5, 5.41) is 2.97. The average Bonchev–Trinajstić information content (AvgIpc) is 3.20. The number of nitrogens with one attached hydrogen (secondary N) is 1. The molecule has 92 valence electrons. The Balaban J connectivity index is 2.11. The van der Waals surface area contributed by atoms with Gasteiger partial charge in [0.2, 0.25) is 5.91 Å². The van der Waals surface area contributed by atoms with E-state index in [9.17, 15) is 4.79 Å². The molecule has 1 fully saturated rings. The molecule has 4 heteroatoms. The summed E-state index contributed by atoms with van der Waals surface area (Å²) in [6.07, 6.45) is 2.33.